The number of aromatic nitrogens is 2. The number of benzene rings is 4. The van der Waals surface area contributed by atoms with Gasteiger partial charge in [-0.05, 0) is 79.4 Å². The van der Waals surface area contributed by atoms with E-state index in [0.717, 1.165) is 16.7 Å². The Hall–Kier alpha value is -5.04. The van der Waals surface area contributed by atoms with E-state index < -0.39 is 11.8 Å². The highest BCUT2D eigenvalue weighted by atomic mass is 19.1. The minimum atomic E-state index is -0.532. The van der Waals surface area contributed by atoms with Crippen molar-refractivity contribution in [3.8, 4) is 34.0 Å². The van der Waals surface area contributed by atoms with E-state index in [-0.39, 0.29) is 17.4 Å². The molecule has 7 heteroatoms. The maximum Gasteiger partial charge on any atom is 0.309 e. The highest BCUT2D eigenvalue weighted by Gasteiger charge is 2.26. The van der Waals surface area contributed by atoms with Crippen molar-refractivity contribution in [1.29, 1.82) is 0 Å². The summed E-state index contributed by atoms with van der Waals surface area (Å²) in [6.45, 7) is 7.14. The molecule has 1 N–H and O–H groups in total. The Kier molecular flexibility index (Phi) is 7.29. The van der Waals surface area contributed by atoms with Crippen LogP contribution in [0, 0.1) is 26.6 Å². The number of nitrogens with zero attached hydrogens (tertiary/aromatic N) is 2. The fourth-order valence-electron chi connectivity index (χ4n) is 4.61. The van der Waals surface area contributed by atoms with Crippen LogP contribution in [0.3, 0.4) is 0 Å². The van der Waals surface area contributed by atoms with Crippen LogP contribution in [0.25, 0.3) is 28.1 Å². The van der Waals surface area contributed by atoms with Crippen LogP contribution in [-0.2, 0) is 4.79 Å². The molecule has 0 aliphatic rings. The zero-order chi connectivity index (χ0) is 28.4. The minimum absolute atomic E-state index is 0.177. The molecule has 5 aromatic rings. The van der Waals surface area contributed by atoms with Crippen molar-refractivity contribution in [1.82, 2.24) is 9.78 Å². The van der Waals surface area contributed by atoms with Crippen molar-refractivity contribution in [3.05, 3.63) is 119 Å². The van der Waals surface area contributed by atoms with Gasteiger partial charge >= 0.3 is 5.97 Å². The number of nitrogens with one attached hydrogen (secondary N) is 1. The highest BCUT2D eigenvalue weighted by Crippen LogP contribution is 2.42. The predicted molar refractivity (Wildman–Crippen MR) is 154 cm³/mol. The van der Waals surface area contributed by atoms with E-state index in [9.17, 15) is 9.59 Å². The van der Waals surface area contributed by atoms with Gasteiger partial charge in [-0.25, -0.2) is 4.39 Å². The van der Waals surface area contributed by atoms with Gasteiger partial charge in [0.15, 0.2) is 0 Å². The lowest BCUT2D eigenvalue weighted by Gasteiger charge is -2.13. The van der Waals surface area contributed by atoms with E-state index in [1.165, 1.54) is 13.0 Å². The van der Waals surface area contributed by atoms with Crippen molar-refractivity contribution in [3.63, 3.8) is 0 Å². The van der Waals surface area contributed by atoms with Gasteiger partial charge < -0.3 is 10.1 Å². The van der Waals surface area contributed by atoms with Gasteiger partial charge in [-0.3, -0.25) is 9.59 Å². The molecule has 0 aliphatic carbocycles. The molecule has 0 saturated heterocycles. The Labute approximate surface area is 232 Å². The molecule has 1 amide bonds. The molecule has 0 saturated carbocycles. The fraction of sp³-hybridized carbons (Fsp3) is 0.121. The first-order valence-electron chi connectivity index (χ1n) is 12.8. The lowest BCUT2D eigenvalue weighted by Crippen LogP contribution is -2.13. The van der Waals surface area contributed by atoms with Crippen LogP contribution in [0.1, 0.15) is 34.0 Å². The van der Waals surface area contributed by atoms with Crippen LogP contribution in [0.2, 0.25) is 0 Å². The fourth-order valence-corrected chi connectivity index (χ4v) is 4.61. The smallest absolute Gasteiger partial charge is 0.309 e. The zero-order valence-electron chi connectivity index (χ0n) is 22.7. The number of esters is 1. The van der Waals surface area contributed by atoms with E-state index in [4.69, 9.17) is 9.84 Å². The number of amides is 1. The van der Waals surface area contributed by atoms with Crippen LogP contribution in [0.4, 0.5) is 10.1 Å². The summed E-state index contributed by atoms with van der Waals surface area (Å²) in [5.41, 5.74) is 6.42. The van der Waals surface area contributed by atoms with Crippen LogP contribution >= 0.6 is 0 Å². The first kappa shape index (κ1) is 26.6. The molecular weight excluding hydrogens is 505 g/mol. The number of hydrogen-bond donors (Lipinski definition) is 1. The summed E-state index contributed by atoms with van der Waals surface area (Å²) in [6, 6.07) is 26.5. The van der Waals surface area contributed by atoms with E-state index in [0.29, 0.717) is 33.8 Å². The molecule has 5 rings (SSSR count). The average molecular weight is 534 g/mol. The van der Waals surface area contributed by atoms with Gasteiger partial charge in [0.05, 0.1) is 11.3 Å². The Morgan fingerprint density at radius 2 is 1.50 bits per heavy atom. The predicted octanol–water partition coefficient (Wildman–Crippen LogP) is 7.45. The average Bonchev–Trinajstić information content (AvgIpc) is 3.29. The molecular formula is C33H28FN3O3. The topological polar surface area (TPSA) is 73.2 Å². The molecule has 0 bridgehead atoms. The molecule has 40 heavy (non-hydrogen) atoms. The molecule has 4 aromatic carbocycles. The molecule has 0 radical (unpaired) electrons. The van der Waals surface area contributed by atoms with Crippen molar-refractivity contribution < 1.29 is 18.7 Å². The SMILES string of the molecule is CC(=O)Oc1c(-c2ccc(NC(=O)c3ccccc3C)cc2)c(-c2ccccc2F)nn1-c1cccc(C)c1C. The second-order valence-corrected chi connectivity index (χ2v) is 9.58. The standard InChI is InChI=1S/C33H28FN3O3/c1-20-11-9-15-29(22(20)3)37-33(40-23(4)38)30(31(36-37)27-13-7-8-14-28(27)34)24-16-18-25(19-17-24)35-32(39)26-12-6-5-10-21(26)2/h5-19H,1-4H3,(H,35,39). The Bertz CT molecular complexity index is 1740. The van der Waals surface area contributed by atoms with Crippen molar-refractivity contribution in [2.24, 2.45) is 0 Å². The van der Waals surface area contributed by atoms with Crippen molar-refractivity contribution in [2.45, 2.75) is 27.7 Å². The summed E-state index contributed by atoms with van der Waals surface area (Å²) in [5, 5.41) is 7.71. The van der Waals surface area contributed by atoms with Gasteiger partial charge in [0.1, 0.15) is 11.5 Å². The van der Waals surface area contributed by atoms with Crippen molar-refractivity contribution in [2.75, 3.05) is 5.32 Å². The van der Waals surface area contributed by atoms with Gasteiger partial charge in [0.25, 0.3) is 5.91 Å². The molecule has 0 unspecified atom stereocenters. The van der Waals surface area contributed by atoms with Gasteiger partial charge in [0.2, 0.25) is 5.88 Å². The quantitative estimate of drug-likeness (QED) is 0.230. The maximum absolute atomic E-state index is 15.1. The third kappa shape index (κ3) is 5.14. The molecule has 0 fully saturated rings. The number of ether oxygens (including phenoxy) is 1. The maximum atomic E-state index is 15.1. The largest absolute Gasteiger partial charge is 0.407 e. The van der Waals surface area contributed by atoms with Gasteiger partial charge in [-0.1, -0.05) is 54.6 Å². The van der Waals surface area contributed by atoms with Crippen molar-refractivity contribution >= 4 is 17.6 Å². The number of rotatable bonds is 6. The highest BCUT2D eigenvalue weighted by molar-refractivity contribution is 6.05. The summed E-state index contributed by atoms with van der Waals surface area (Å²) in [6.07, 6.45) is 0. The lowest BCUT2D eigenvalue weighted by molar-refractivity contribution is -0.132. The number of hydrogen-bond acceptors (Lipinski definition) is 4. The molecule has 0 spiro atoms. The third-order valence-electron chi connectivity index (χ3n) is 6.84. The van der Waals surface area contributed by atoms with E-state index in [1.807, 2.05) is 57.2 Å². The summed E-state index contributed by atoms with van der Waals surface area (Å²) in [5.74, 6) is -1.03. The van der Waals surface area contributed by atoms with E-state index in [1.54, 1.807) is 53.2 Å². The molecule has 0 atom stereocenters. The Balaban J connectivity index is 1.66. The first-order chi connectivity index (χ1) is 19.2. The summed E-state index contributed by atoms with van der Waals surface area (Å²) in [4.78, 5) is 25.1. The monoisotopic (exact) mass is 533 g/mol. The zero-order valence-corrected chi connectivity index (χ0v) is 22.7. The number of anilines is 1. The van der Waals surface area contributed by atoms with Gasteiger partial charge in [0, 0.05) is 23.7 Å². The summed E-state index contributed by atoms with van der Waals surface area (Å²) < 4.78 is 22.4. The normalized spacial score (nSPS) is 10.8. The second kappa shape index (κ2) is 11.0. The van der Waals surface area contributed by atoms with Gasteiger partial charge in [-0.2, -0.15) is 9.78 Å². The van der Waals surface area contributed by atoms with E-state index >= 15 is 4.39 Å². The lowest BCUT2D eigenvalue weighted by atomic mass is 10.0. The summed E-state index contributed by atoms with van der Waals surface area (Å²) in [7, 11) is 0. The van der Waals surface area contributed by atoms with Crippen LogP contribution in [0.15, 0.2) is 91.0 Å². The van der Waals surface area contributed by atoms with Crippen LogP contribution in [0.5, 0.6) is 5.88 Å². The Morgan fingerprint density at radius 1 is 0.825 bits per heavy atom. The minimum Gasteiger partial charge on any atom is -0.407 e. The third-order valence-corrected chi connectivity index (χ3v) is 6.84. The summed E-state index contributed by atoms with van der Waals surface area (Å²) >= 11 is 0. The molecule has 200 valence electrons. The molecule has 1 aromatic heterocycles. The molecule has 6 nitrogen and oxygen atoms in total. The second-order valence-electron chi connectivity index (χ2n) is 9.58. The molecule has 0 aliphatic heterocycles. The number of aryl methyl sites for hydroxylation is 2. The van der Waals surface area contributed by atoms with Gasteiger partial charge in [-0.15, -0.1) is 0 Å². The number of carbonyl (C=O) groups is 2. The first-order valence-corrected chi connectivity index (χ1v) is 12.8. The number of carbonyl (C=O) groups excluding carboxylic acids is 2. The number of halogens is 1. The molecule has 1 heterocycles. The Morgan fingerprint density at radius 3 is 2.20 bits per heavy atom. The van der Waals surface area contributed by atoms with E-state index in [2.05, 4.69) is 5.32 Å². The van der Waals surface area contributed by atoms with Crippen LogP contribution in [-0.4, -0.2) is 21.7 Å². The van der Waals surface area contributed by atoms with Crippen LogP contribution < -0.4 is 10.1 Å².